The maximum Gasteiger partial charge on any atom is 0.257 e. The van der Waals surface area contributed by atoms with E-state index < -0.39 is 0 Å². The Balaban J connectivity index is 1.37. The highest BCUT2D eigenvalue weighted by atomic mass is 16.5. The molecule has 2 heterocycles. The van der Waals surface area contributed by atoms with E-state index in [9.17, 15) is 9.59 Å². The van der Waals surface area contributed by atoms with Crippen LogP contribution in [0.25, 0.3) is 11.2 Å². The van der Waals surface area contributed by atoms with Crippen molar-refractivity contribution in [3.05, 3.63) is 47.9 Å². The largest absolute Gasteiger partial charge is 0.495 e. The summed E-state index contributed by atoms with van der Waals surface area (Å²) in [6.07, 6.45) is 10.1. The third-order valence-electron chi connectivity index (χ3n) is 6.02. The summed E-state index contributed by atoms with van der Waals surface area (Å²) in [6.45, 7) is 0. The van der Waals surface area contributed by atoms with E-state index in [0.29, 0.717) is 34.1 Å². The molecule has 2 fully saturated rings. The van der Waals surface area contributed by atoms with Crippen LogP contribution in [0.2, 0.25) is 0 Å². The molecule has 8 heteroatoms. The molecule has 8 nitrogen and oxygen atoms in total. The van der Waals surface area contributed by atoms with E-state index >= 15 is 0 Å². The number of ether oxygens (including phenoxy) is 1. The first-order valence-corrected chi connectivity index (χ1v) is 10.7. The Bertz CT molecular complexity index is 1150. The zero-order valence-electron chi connectivity index (χ0n) is 17.4. The van der Waals surface area contributed by atoms with Crippen molar-refractivity contribution in [3.63, 3.8) is 0 Å². The Hall–Kier alpha value is -3.42. The number of hydrogen-bond donors (Lipinski definition) is 2. The van der Waals surface area contributed by atoms with Gasteiger partial charge in [0.1, 0.15) is 11.3 Å². The molecule has 2 aromatic heterocycles. The highest BCUT2D eigenvalue weighted by Gasteiger charge is 2.24. The van der Waals surface area contributed by atoms with Gasteiger partial charge in [0, 0.05) is 23.8 Å². The second kappa shape index (κ2) is 8.02. The molecule has 2 saturated carbocycles. The zero-order valence-corrected chi connectivity index (χ0v) is 17.4. The summed E-state index contributed by atoms with van der Waals surface area (Å²) in [6, 6.07) is 7.45. The normalized spacial score (nSPS) is 16.4. The van der Waals surface area contributed by atoms with Crippen molar-refractivity contribution < 1.29 is 14.3 Å². The Kier molecular flexibility index (Phi) is 5.05. The molecule has 2 N–H and O–H groups in total. The van der Waals surface area contributed by atoms with Crippen LogP contribution in [0.5, 0.6) is 5.75 Å². The van der Waals surface area contributed by atoms with Gasteiger partial charge in [-0.15, -0.1) is 0 Å². The number of hydrogen-bond acceptors (Lipinski definition) is 5. The molecular weight excluding hydrogens is 394 g/mol. The first-order valence-electron chi connectivity index (χ1n) is 10.7. The maximum absolute atomic E-state index is 12.9. The molecule has 0 bridgehead atoms. The maximum atomic E-state index is 12.9. The lowest BCUT2D eigenvalue weighted by molar-refractivity contribution is 0.0949. The summed E-state index contributed by atoms with van der Waals surface area (Å²) in [5, 5.41) is 5.80. The van der Waals surface area contributed by atoms with Gasteiger partial charge in [-0.2, -0.15) is 0 Å². The molecular formula is C23H25N5O3. The summed E-state index contributed by atoms with van der Waals surface area (Å²) in [5.74, 6) is -0.0000660. The standard InChI is InChI=1S/C23H25N5O3/c1-31-20-9-6-14(22(29)26-16-7-8-16)10-18(20)27-23(30)15-11-19-21(24-12-15)28(13-25-19)17-4-2-3-5-17/h6,9-13,16-17H,2-5,7-8H2,1H3,(H,26,29)(H,27,30). The van der Waals surface area contributed by atoms with Crippen molar-refractivity contribution in [2.24, 2.45) is 0 Å². The van der Waals surface area contributed by atoms with Gasteiger partial charge in [0.15, 0.2) is 5.65 Å². The van der Waals surface area contributed by atoms with Crippen LogP contribution < -0.4 is 15.4 Å². The Morgan fingerprint density at radius 2 is 1.84 bits per heavy atom. The molecule has 0 atom stereocenters. The lowest BCUT2D eigenvalue weighted by atomic mass is 10.1. The van der Waals surface area contributed by atoms with Crippen LogP contribution in [0.15, 0.2) is 36.8 Å². The van der Waals surface area contributed by atoms with E-state index in [1.807, 2.05) is 6.33 Å². The number of nitrogens with zero attached hydrogens (tertiary/aromatic N) is 3. The predicted molar refractivity (Wildman–Crippen MR) is 116 cm³/mol. The van der Waals surface area contributed by atoms with E-state index in [4.69, 9.17) is 4.74 Å². The second-order valence-electron chi connectivity index (χ2n) is 8.27. The number of carbonyl (C=O) groups is 2. The minimum absolute atomic E-state index is 0.152. The summed E-state index contributed by atoms with van der Waals surface area (Å²) in [7, 11) is 1.53. The van der Waals surface area contributed by atoms with Crippen molar-refractivity contribution >= 4 is 28.7 Å². The van der Waals surface area contributed by atoms with Crippen molar-refractivity contribution in [1.82, 2.24) is 19.9 Å². The van der Waals surface area contributed by atoms with Gasteiger partial charge in [0.25, 0.3) is 11.8 Å². The fourth-order valence-corrected chi connectivity index (χ4v) is 4.13. The molecule has 1 aromatic carbocycles. The van der Waals surface area contributed by atoms with Gasteiger partial charge < -0.3 is 19.9 Å². The van der Waals surface area contributed by atoms with Crippen LogP contribution in [0.3, 0.4) is 0 Å². The molecule has 31 heavy (non-hydrogen) atoms. The van der Waals surface area contributed by atoms with E-state index in [-0.39, 0.29) is 17.9 Å². The molecule has 0 aliphatic heterocycles. The number of nitrogens with one attached hydrogen (secondary N) is 2. The van der Waals surface area contributed by atoms with Gasteiger partial charge in [-0.3, -0.25) is 9.59 Å². The number of rotatable bonds is 6. The monoisotopic (exact) mass is 419 g/mol. The number of benzene rings is 1. The van der Waals surface area contributed by atoms with Gasteiger partial charge in [0.05, 0.1) is 24.7 Å². The van der Waals surface area contributed by atoms with Gasteiger partial charge in [0.2, 0.25) is 0 Å². The first kappa shape index (κ1) is 19.5. The minimum Gasteiger partial charge on any atom is -0.495 e. The van der Waals surface area contributed by atoms with Gasteiger partial charge in [-0.05, 0) is 49.9 Å². The molecule has 160 valence electrons. The molecule has 2 amide bonds. The average Bonchev–Trinajstić information content (AvgIpc) is 3.26. The summed E-state index contributed by atoms with van der Waals surface area (Å²) < 4.78 is 7.48. The van der Waals surface area contributed by atoms with Crippen LogP contribution in [0.4, 0.5) is 5.69 Å². The fourth-order valence-electron chi connectivity index (χ4n) is 4.13. The lowest BCUT2D eigenvalue weighted by Gasteiger charge is -2.13. The number of pyridine rings is 1. The number of amides is 2. The predicted octanol–water partition coefficient (Wildman–Crippen LogP) is 3.70. The third-order valence-corrected chi connectivity index (χ3v) is 6.02. The quantitative estimate of drug-likeness (QED) is 0.635. The second-order valence-corrected chi connectivity index (χ2v) is 8.27. The number of anilines is 1. The zero-order chi connectivity index (χ0) is 21.4. The molecule has 2 aliphatic rings. The van der Waals surface area contributed by atoms with Crippen LogP contribution in [-0.2, 0) is 0 Å². The summed E-state index contributed by atoms with van der Waals surface area (Å²) in [4.78, 5) is 34.3. The molecule has 0 unspecified atom stereocenters. The van der Waals surface area contributed by atoms with Gasteiger partial charge in [-0.1, -0.05) is 12.8 Å². The Labute approximate surface area is 180 Å². The van der Waals surface area contributed by atoms with Gasteiger partial charge in [-0.25, -0.2) is 9.97 Å². The molecule has 0 saturated heterocycles. The highest BCUT2D eigenvalue weighted by molar-refractivity contribution is 6.07. The number of aromatic nitrogens is 3. The van der Waals surface area contributed by atoms with Crippen molar-refractivity contribution in [1.29, 1.82) is 0 Å². The Morgan fingerprint density at radius 3 is 2.58 bits per heavy atom. The molecule has 0 spiro atoms. The smallest absolute Gasteiger partial charge is 0.257 e. The van der Waals surface area contributed by atoms with E-state index in [1.54, 1.807) is 30.5 Å². The van der Waals surface area contributed by atoms with Gasteiger partial charge >= 0.3 is 0 Å². The van der Waals surface area contributed by atoms with Crippen LogP contribution in [0, 0.1) is 0 Å². The average molecular weight is 419 g/mol. The molecule has 3 aromatic rings. The number of fused-ring (bicyclic) bond motifs is 1. The van der Waals surface area contributed by atoms with Crippen LogP contribution in [0.1, 0.15) is 65.3 Å². The number of methoxy groups -OCH3 is 1. The summed E-state index contributed by atoms with van der Waals surface area (Å²) in [5.41, 5.74) is 2.82. The van der Waals surface area contributed by atoms with Crippen molar-refractivity contribution in [3.8, 4) is 5.75 Å². The van der Waals surface area contributed by atoms with Crippen LogP contribution >= 0.6 is 0 Å². The number of carbonyl (C=O) groups excluding carboxylic acids is 2. The molecule has 0 radical (unpaired) electrons. The third kappa shape index (κ3) is 3.97. The topological polar surface area (TPSA) is 98.1 Å². The van der Waals surface area contributed by atoms with E-state index in [1.165, 1.54) is 20.0 Å². The van der Waals surface area contributed by atoms with Crippen molar-refractivity contribution in [2.75, 3.05) is 12.4 Å². The van der Waals surface area contributed by atoms with E-state index in [0.717, 1.165) is 31.3 Å². The van der Waals surface area contributed by atoms with Crippen LogP contribution in [-0.4, -0.2) is 39.5 Å². The highest BCUT2D eigenvalue weighted by Crippen LogP contribution is 2.32. The fraction of sp³-hybridized carbons (Fsp3) is 0.391. The first-order chi connectivity index (χ1) is 15.1. The number of imidazole rings is 1. The SMILES string of the molecule is COc1ccc(C(=O)NC2CC2)cc1NC(=O)c1cnc2c(c1)ncn2C1CCCC1. The van der Waals surface area contributed by atoms with E-state index in [2.05, 4.69) is 25.2 Å². The minimum atomic E-state index is -0.331. The van der Waals surface area contributed by atoms with Crippen molar-refractivity contribution in [2.45, 2.75) is 50.6 Å². The Morgan fingerprint density at radius 1 is 1.03 bits per heavy atom. The molecule has 5 rings (SSSR count). The molecule has 2 aliphatic carbocycles. The lowest BCUT2D eigenvalue weighted by Crippen LogP contribution is -2.25. The summed E-state index contributed by atoms with van der Waals surface area (Å²) >= 11 is 0.